The number of nitrogens with zero attached hydrogens (tertiary/aromatic N) is 3. The maximum absolute atomic E-state index is 9.00. The van der Waals surface area contributed by atoms with Crippen LogP contribution in [0.25, 0.3) is 0 Å². The van der Waals surface area contributed by atoms with Crippen LogP contribution in [-0.4, -0.2) is 47.9 Å². The van der Waals surface area contributed by atoms with Crippen molar-refractivity contribution in [2.24, 2.45) is 4.99 Å². The van der Waals surface area contributed by atoms with E-state index < -0.39 is 5.97 Å². The molecule has 1 aromatic carbocycles. The van der Waals surface area contributed by atoms with Crippen LogP contribution in [0.4, 0.5) is 0 Å². The zero-order valence-electron chi connectivity index (χ0n) is 19.6. The minimum absolute atomic E-state index is 0.163. The molecule has 0 saturated heterocycles. The van der Waals surface area contributed by atoms with Crippen molar-refractivity contribution in [3.8, 4) is 5.75 Å². The fourth-order valence-corrected chi connectivity index (χ4v) is 3.72. The molecule has 1 heterocycles. The van der Waals surface area contributed by atoms with Gasteiger partial charge in [-0.05, 0) is 48.6 Å². The summed E-state index contributed by atoms with van der Waals surface area (Å²) >= 11 is 0. The van der Waals surface area contributed by atoms with Crippen LogP contribution in [0, 0.1) is 0 Å². The third-order valence-electron chi connectivity index (χ3n) is 5.37. The monoisotopic (exact) mass is 425 g/mol. The largest absolute Gasteiger partial charge is 0.487 e. The lowest BCUT2D eigenvalue weighted by Crippen LogP contribution is -2.26. The first kappa shape index (κ1) is 24.4. The number of carboxylic acid groups (broad SMARTS) is 1. The molecule has 0 fully saturated rings. The highest BCUT2D eigenvalue weighted by atomic mass is 16.5. The van der Waals surface area contributed by atoms with Crippen LogP contribution >= 0.6 is 0 Å². The molecular weight excluding hydrogens is 390 g/mol. The van der Waals surface area contributed by atoms with Gasteiger partial charge in [-0.1, -0.05) is 32.0 Å². The van der Waals surface area contributed by atoms with Crippen LogP contribution < -0.4 is 4.74 Å². The molecule has 2 aromatic rings. The summed E-state index contributed by atoms with van der Waals surface area (Å²) in [5.74, 6) is 1.10. The summed E-state index contributed by atoms with van der Waals surface area (Å²) in [7, 11) is 5.87. The van der Waals surface area contributed by atoms with Gasteiger partial charge in [0.15, 0.2) is 0 Å². The fourth-order valence-electron chi connectivity index (χ4n) is 3.72. The minimum Gasteiger partial charge on any atom is -0.487 e. The molecule has 3 rings (SSSR count). The predicted molar refractivity (Wildman–Crippen MR) is 125 cm³/mol. The number of ether oxygens (including phenoxy) is 1. The van der Waals surface area contributed by atoms with Crippen LogP contribution in [0.2, 0.25) is 0 Å². The van der Waals surface area contributed by atoms with E-state index in [2.05, 4.69) is 43.1 Å². The Morgan fingerprint density at radius 2 is 1.84 bits per heavy atom. The molecule has 0 bridgehead atoms. The standard InChI is InChI=1S/C23H31N3O.C2H4O2/c1-23(2)14-6-7-18-10-11-19(25-22(18)23)16-27-20-12-8-17(9-13-20)15-21(24-3)26(4)5;1-2(3)4/h8-13H,6-7,14-16H2,1-5H3;1H3,(H,3,4). The Balaban J connectivity index is 0.000000785. The van der Waals surface area contributed by atoms with Crippen molar-refractivity contribution < 1.29 is 14.6 Å². The normalized spacial score (nSPS) is 14.7. The third-order valence-corrected chi connectivity index (χ3v) is 5.37. The number of aromatic nitrogens is 1. The van der Waals surface area contributed by atoms with Crippen LogP contribution in [0.1, 0.15) is 56.1 Å². The Bertz CT molecular complexity index is 899. The van der Waals surface area contributed by atoms with Crippen molar-refractivity contribution >= 4 is 11.8 Å². The van der Waals surface area contributed by atoms with Crippen LogP contribution in [-0.2, 0) is 29.7 Å². The molecule has 1 N–H and O–H groups in total. The maximum atomic E-state index is 9.00. The zero-order valence-corrected chi connectivity index (χ0v) is 19.6. The molecule has 0 unspecified atom stereocenters. The maximum Gasteiger partial charge on any atom is 0.300 e. The lowest BCUT2D eigenvalue weighted by molar-refractivity contribution is -0.134. The third kappa shape index (κ3) is 7.39. The summed E-state index contributed by atoms with van der Waals surface area (Å²) in [4.78, 5) is 20.3. The van der Waals surface area contributed by atoms with Crippen LogP contribution in [0.15, 0.2) is 41.4 Å². The Morgan fingerprint density at radius 3 is 2.42 bits per heavy atom. The molecule has 0 saturated carbocycles. The van der Waals surface area contributed by atoms with Gasteiger partial charge >= 0.3 is 0 Å². The van der Waals surface area contributed by atoms with Crippen molar-refractivity contribution in [1.82, 2.24) is 9.88 Å². The van der Waals surface area contributed by atoms with E-state index in [0.717, 1.165) is 37.0 Å². The van der Waals surface area contributed by atoms with Gasteiger partial charge in [0.25, 0.3) is 5.97 Å². The van der Waals surface area contributed by atoms with Crippen molar-refractivity contribution in [2.45, 2.75) is 58.5 Å². The quantitative estimate of drug-likeness (QED) is 0.564. The second-order valence-corrected chi connectivity index (χ2v) is 8.71. The van der Waals surface area contributed by atoms with Crippen LogP contribution in [0.3, 0.4) is 0 Å². The summed E-state index contributed by atoms with van der Waals surface area (Å²) in [5.41, 5.74) is 5.04. The SMILES string of the molecule is CC(=O)O.CN=C(Cc1ccc(OCc2ccc3c(n2)C(C)(C)CCC3)cc1)N(C)C. The van der Waals surface area contributed by atoms with Gasteiger partial charge in [-0.25, -0.2) is 0 Å². The number of fused-ring (bicyclic) bond motifs is 1. The van der Waals surface area contributed by atoms with Gasteiger partial charge in [-0.2, -0.15) is 0 Å². The predicted octanol–water partition coefficient (Wildman–Crippen LogP) is 4.50. The average molecular weight is 426 g/mol. The van der Waals surface area contributed by atoms with Crippen molar-refractivity contribution in [2.75, 3.05) is 21.1 Å². The molecule has 1 aromatic heterocycles. The number of amidine groups is 1. The number of hydrogen-bond acceptors (Lipinski definition) is 4. The Hall–Kier alpha value is -2.89. The van der Waals surface area contributed by atoms with Gasteiger partial charge in [0.05, 0.1) is 5.69 Å². The molecule has 1 aliphatic rings. The number of rotatable bonds is 5. The number of aryl methyl sites for hydroxylation is 1. The van der Waals surface area contributed by atoms with Gasteiger partial charge < -0.3 is 14.7 Å². The summed E-state index contributed by atoms with van der Waals surface area (Å²) in [6.07, 6.45) is 4.42. The highest BCUT2D eigenvalue weighted by molar-refractivity contribution is 5.83. The minimum atomic E-state index is -0.833. The van der Waals surface area contributed by atoms with Gasteiger partial charge in [-0.15, -0.1) is 0 Å². The van der Waals surface area contributed by atoms with E-state index in [1.807, 2.05) is 38.2 Å². The van der Waals surface area contributed by atoms with Gasteiger partial charge in [-0.3, -0.25) is 14.8 Å². The molecule has 6 nitrogen and oxygen atoms in total. The van der Waals surface area contributed by atoms with E-state index >= 15 is 0 Å². The first-order chi connectivity index (χ1) is 14.6. The second kappa shape index (κ2) is 10.9. The second-order valence-electron chi connectivity index (χ2n) is 8.71. The summed E-state index contributed by atoms with van der Waals surface area (Å²) in [6.45, 7) is 6.17. The van der Waals surface area contributed by atoms with E-state index in [-0.39, 0.29) is 5.41 Å². The van der Waals surface area contributed by atoms with Crippen molar-refractivity contribution in [1.29, 1.82) is 0 Å². The van der Waals surface area contributed by atoms with Gasteiger partial charge in [0.1, 0.15) is 18.2 Å². The highest BCUT2D eigenvalue weighted by Gasteiger charge is 2.28. The Labute approximate surface area is 186 Å². The van der Waals surface area contributed by atoms with E-state index in [1.54, 1.807) is 0 Å². The molecule has 0 aliphatic heterocycles. The molecule has 31 heavy (non-hydrogen) atoms. The molecule has 0 atom stereocenters. The topological polar surface area (TPSA) is 75.0 Å². The number of carboxylic acids is 1. The van der Waals surface area contributed by atoms with E-state index in [1.165, 1.54) is 29.7 Å². The molecule has 0 spiro atoms. The fraction of sp³-hybridized carbons (Fsp3) is 0.480. The number of aliphatic carboxylic acids is 1. The first-order valence-corrected chi connectivity index (χ1v) is 10.7. The van der Waals surface area contributed by atoms with Crippen LogP contribution in [0.5, 0.6) is 5.75 Å². The number of benzene rings is 1. The zero-order chi connectivity index (χ0) is 23.0. The molecule has 6 heteroatoms. The average Bonchev–Trinajstić information content (AvgIpc) is 2.71. The van der Waals surface area contributed by atoms with E-state index in [0.29, 0.717) is 6.61 Å². The summed E-state index contributed by atoms with van der Waals surface area (Å²) in [5, 5.41) is 7.42. The van der Waals surface area contributed by atoms with E-state index in [4.69, 9.17) is 19.6 Å². The molecule has 0 radical (unpaired) electrons. The molecular formula is C25H35N3O3. The lowest BCUT2D eigenvalue weighted by Gasteiger charge is -2.31. The lowest BCUT2D eigenvalue weighted by atomic mass is 9.76. The van der Waals surface area contributed by atoms with Gasteiger partial charge in [0.2, 0.25) is 0 Å². The number of carbonyl (C=O) groups is 1. The first-order valence-electron chi connectivity index (χ1n) is 10.7. The van der Waals surface area contributed by atoms with Gasteiger partial charge in [0, 0.05) is 45.6 Å². The smallest absolute Gasteiger partial charge is 0.300 e. The van der Waals surface area contributed by atoms with Crippen molar-refractivity contribution in [3.63, 3.8) is 0 Å². The molecule has 0 amide bonds. The summed E-state index contributed by atoms with van der Waals surface area (Å²) < 4.78 is 5.98. The Morgan fingerprint density at radius 1 is 1.19 bits per heavy atom. The molecule has 168 valence electrons. The van der Waals surface area contributed by atoms with Crippen molar-refractivity contribution in [3.05, 3.63) is 58.9 Å². The number of likely N-dealkylation sites (N-methyl/N-ethyl adjacent to an activating group) is 1. The summed E-state index contributed by atoms with van der Waals surface area (Å²) in [6, 6.07) is 12.6. The Kier molecular flexibility index (Phi) is 8.60. The van der Waals surface area contributed by atoms with E-state index in [9.17, 15) is 0 Å². The highest BCUT2D eigenvalue weighted by Crippen LogP contribution is 2.35. The number of hydrogen-bond donors (Lipinski definition) is 1. The molecule has 1 aliphatic carbocycles. The number of pyridine rings is 1. The number of aliphatic imine (C=N–C) groups is 1.